The molecule has 1 saturated carbocycles. The summed E-state index contributed by atoms with van der Waals surface area (Å²) in [5, 5.41) is 10.4. The SMILES string of the molecule is CC(C)(C)OC(=O)N1CC(S(=O)(=O)c2ccccc2C(F)(F)F)CC1C(=O)NC(C#N)C1CC1. The van der Waals surface area contributed by atoms with E-state index < -0.39 is 74.4 Å². The van der Waals surface area contributed by atoms with Crippen LogP contribution in [-0.4, -0.2) is 54.8 Å². The Morgan fingerprint density at radius 1 is 1.21 bits per heavy atom. The Labute approximate surface area is 196 Å². The van der Waals surface area contributed by atoms with E-state index >= 15 is 0 Å². The van der Waals surface area contributed by atoms with Crippen molar-refractivity contribution in [3.8, 4) is 6.07 Å². The summed E-state index contributed by atoms with van der Waals surface area (Å²) < 4.78 is 72.3. The van der Waals surface area contributed by atoms with Gasteiger partial charge >= 0.3 is 12.3 Å². The predicted molar refractivity (Wildman–Crippen MR) is 114 cm³/mol. The van der Waals surface area contributed by atoms with Crippen molar-refractivity contribution in [1.82, 2.24) is 10.2 Å². The van der Waals surface area contributed by atoms with Crippen LogP contribution in [0.5, 0.6) is 0 Å². The number of nitrogens with one attached hydrogen (secondary N) is 1. The van der Waals surface area contributed by atoms with Crippen molar-refractivity contribution in [2.75, 3.05) is 6.54 Å². The second-order valence-electron chi connectivity index (χ2n) is 9.50. The molecule has 12 heteroatoms. The van der Waals surface area contributed by atoms with E-state index in [-0.39, 0.29) is 5.92 Å². The Hall–Kier alpha value is -2.81. The molecule has 1 saturated heterocycles. The highest BCUT2D eigenvalue weighted by Gasteiger charge is 2.49. The van der Waals surface area contributed by atoms with Crippen molar-refractivity contribution in [2.24, 2.45) is 5.92 Å². The van der Waals surface area contributed by atoms with Crippen LogP contribution in [0, 0.1) is 17.2 Å². The number of benzene rings is 1. The molecular formula is C22H26F3N3O5S. The molecule has 1 aromatic rings. The highest BCUT2D eigenvalue weighted by Crippen LogP contribution is 2.38. The summed E-state index contributed by atoms with van der Waals surface area (Å²) in [5.74, 6) is -0.769. The minimum Gasteiger partial charge on any atom is -0.444 e. The van der Waals surface area contributed by atoms with E-state index in [9.17, 15) is 36.4 Å². The third-order valence-corrected chi connectivity index (χ3v) is 7.85. The number of hydrogen-bond acceptors (Lipinski definition) is 6. The summed E-state index contributed by atoms with van der Waals surface area (Å²) in [5.41, 5.74) is -2.27. The van der Waals surface area contributed by atoms with Crippen LogP contribution in [0.3, 0.4) is 0 Å². The van der Waals surface area contributed by atoms with Crippen LogP contribution in [0.4, 0.5) is 18.0 Å². The summed E-state index contributed by atoms with van der Waals surface area (Å²) >= 11 is 0. The Bertz CT molecular complexity index is 1100. The molecule has 8 nitrogen and oxygen atoms in total. The van der Waals surface area contributed by atoms with Crippen molar-refractivity contribution in [3.05, 3.63) is 29.8 Å². The first-order chi connectivity index (χ1) is 15.6. The van der Waals surface area contributed by atoms with Gasteiger partial charge in [-0.3, -0.25) is 9.69 Å². The average Bonchev–Trinajstić information content (AvgIpc) is 3.46. The Morgan fingerprint density at radius 2 is 1.82 bits per heavy atom. The first-order valence-corrected chi connectivity index (χ1v) is 12.3. The predicted octanol–water partition coefficient (Wildman–Crippen LogP) is 3.28. The number of carbonyl (C=O) groups is 2. The van der Waals surface area contributed by atoms with Crippen LogP contribution in [0.2, 0.25) is 0 Å². The molecule has 0 radical (unpaired) electrons. The second kappa shape index (κ2) is 9.09. The van der Waals surface area contributed by atoms with E-state index in [0.717, 1.165) is 29.9 Å². The zero-order chi connectivity index (χ0) is 25.5. The lowest BCUT2D eigenvalue weighted by atomic mass is 10.1. The fourth-order valence-corrected chi connectivity index (χ4v) is 5.77. The summed E-state index contributed by atoms with van der Waals surface area (Å²) in [6, 6.07) is 3.67. The lowest BCUT2D eigenvalue weighted by Gasteiger charge is -2.28. The largest absolute Gasteiger partial charge is 0.444 e. The van der Waals surface area contributed by atoms with Gasteiger partial charge in [0.05, 0.1) is 21.8 Å². The topological polar surface area (TPSA) is 117 Å². The standard InChI is InChI=1S/C22H26F3N3O5S/c1-21(2,3)33-20(30)28-12-14(10-17(28)19(29)27-16(11-26)13-8-9-13)34(31,32)18-7-5-4-6-15(18)22(23,24)25/h4-7,13-14,16-17H,8-10,12H2,1-3H3,(H,27,29). The zero-order valence-corrected chi connectivity index (χ0v) is 19.7. The molecule has 1 aliphatic heterocycles. The molecule has 186 valence electrons. The van der Waals surface area contributed by atoms with Gasteiger partial charge in [0.15, 0.2) is 9.84 Å². The maximum Gasteiger partial charge on any atom is 0.417 e. The highest BCUT2D eigenvalue weighted by atomic mass is 32.2. The van der Waals surface area contributed by atoms with Crippen molar-refractivity contribution >= 4 is 21.8 Å². The van der Waals surface area contributed by atoms with Crippen LogP contribution in [0.25, 0.3) is 0 Å². The quantitative estimate of drug-likeness (QED) is 0.662. The molecule has 1 aliphatic carbocycles. The van der Waals surface area contributed by atoms with Gasteiger partial charge in [-0.05, 0) is 58.1 Å². The Balaban J connectivity index is 1.93. The lowest BCUT2D eigenvalue weighted by molar-refractivity contribution is -0.139. The van der Waals surface area contributed by atoms with Crippen LogP contribution >= 0.6 is 0 Å². The maximum atomic E-state index is 13.5. The third kappa shape index (κ3) is 5.63. The van der Waals surface area contributed by atoms with Gasteiger partial charge in [-0.25, -0.2) is 13.2 Å². The molecule has 2 aliphatic rings. The molecule has 3 rings (SSSR count). The van der Waals surface area contributed by atoms with E-state index in [1.807, 2.05) is 6.07 Å². The van der Waals surface area contributed by atoms with Crippen LogP contribution in [0.15, 0.2) is 29.2 Å². The van der Waals surface area contributed by atoms with Crippen molar-refractivity contribution in [1.29, 1.82) is 5.26 Å². The van der Waals surface area contributed by atoms with E-state index in [0.29, 0.717) is 6.07 Å². The average molecular weight is 502 g/mol. The van der Waals surface area contributed by atoms with Gasteiger partial charge in [0.25, 0.3) is 0 Å². The molecule has 1 heterocycles. The van der Waals surface area contributed by atoms with Gasteiger partial charge < -0.3 is 10.1 Å². The molecule has 2 fully saturated rings. The minimum atomic E-state index is -4.91. The second-order valence-corrected chi connectivity index (χ2v) is 11.7. The molecule has 0 spiro atoms. The smallest absolute Gasteiger partial charge is 0.417 e. The monoisotopic (exact) mass is 501 g/mol. The number of nitriles is 1. The molecule has 0 aromatic heterocycles. The summed E-state index contributed by atoms with van der Waals surface area (Å²) in [7, 11) is -4.58. The number of sulfone groups is 1. The van der Waals surface area contributed by atoms with E-state index in [2.05, 4.69) is 5.32 Å². The number of amides is 2. The van der Waals surface area contributed by atoms with E-state index in [4.69, 9.17) is 4.74 Å². The van der Waals surface area contributed by atoms with Crippen molar-refractivity contribution < 1.29 is 35.9 Å². The Morgan fingerprint density at radius 3 is 2.35 bits per heavy atom. The molecule has 3 atom stereocenters. The molecule has 3 unspecified atom stereocenters. The molecule has 2 amide bonds. The lowest BCUT2D eigenvalue weighted by Crippen LogP contribution is -2.50. The summed E-state index contributed by atoms with van der Waals surface area (Å²) in [6.45, 7) is 4.23. The van der Waals surface area contributed by atoms with Gasteiger partial charge in [0.1, 0.15) is 17.7 Å². The number of carbonyl (C=O) groups excluding carboxylic acids is 2. The number of hydrogen-bond donors (Lipinski definition) is 1. The number of rotatable bonds is 5. The fraction of sp³-hybridized carbons (Fsp3) is 0.591. The van der Waals surface area contributed by atoms with Gasteiger partial charge in [0.2, 0.25) is 5.91 Å². The van der Waals surface area contributed by atoms with Gasteiger partial charge in [-0.1, -0.05) is 12.1 Å². The van der Waals surface area contributed by atoms with Gasteiger partial charge in [-0.15, -0.1) is 0 Å². The third-order valence-electron chi connectivity index (χ3n) is 5.66. The summed E-state index contributed by atoms with van der Waals surface area (Å²) in [6.07, 6.45) is -4.79. The minimum absolute atomic E-state index is 0.0245. The first-order valence-electron chi connectivity index (χ1n) is 10.7. The van der Waals surface area contributed by atoms with E-state index in [1.54, 1.807) is 20.8 Å². The molecule has 1 aromatic carbocycles. The Kier molecular flexibility index (Phi) is 6.90. The fourth-order valence-electron chi connectivity index (χ4n) is 3.86. The normalized spacial score (nSPS) is 22.1. The van der Waals surface area contributed by atoms with Crippen LogP contribution in [0.1, 0.15) is 45.6 Å². The van der Waals surface area contributed by atoms with Crippen molar-refractivity contribution in [3.63, 3.8) is 0 Å². The van der Waals surface area contributed by atoms with E-state index in [1.165, 1.54) is 6.07 Å². The number of nitrogens with zero attached hydrogens (tertiary/aromatic N) is 2. The van der Waals surface area contributed by atoms with Crippen molar-refractivity contribution in [2.45, 2.75) is 74.0 Å². The first kappa shape index (κ1) is 25.8. The highest BCUT2D eigenvalue weighted by molar-refractivity contribution is 7.92. The number of likely N-dealkylation sites (tertiary alicyclic amines) is 1. The number of ether oxygens (including phenoxy) is 1. The zero-order valence-electron chi connectivity index (χ0n) is 18.9. The number of halogens is 3. The van der Waals surface area contributed by atoms with Crippen LogP contribution in [-0.2, 0) is 25.5 Å². The summed E-state index contributed by atoms with van der Waals surface area (Å²) in [4.78, 5) is 25.8. The molecule has 0 bridgehead atoms. The number of alkyl halides is 3. The van der Waals surface area contributed by atoms with Crippen LogP contribution < -0.4 is 5.32 Å². The molecule has 1 N–H and O–H groups in total. The maximum absolute atomic E-state index is 13.5. The molecular weight excluding hydrogens is 475 g/mol. The molecule has 34 heavy (non-hydrogen) atoms. The van der Waals surface area contributed by atoms with Gasteiger partial charge in [-0.2, -0.15) is 18.4 Å². The van der Waals surface area contributed by atoms with Gasteiger partial charge in [0, 0.05) is 6.54 Å².